The van der Waals surface area contributed by atoms with Crippen LogP contribution in [0.3, 0.4) is 0 Å². The maximum Gasteiger partial charge on any atom is 0.0471 e. The van der Waals surface area contributed by atoms with Crippen molar-refractivity contribution in [3.63, 3.8) is 0 Å². The first-order chi connectivity index (χ1) is 10.7. The van der Waals surface area contributed by atoms with Crippen LogP contribution in [0.25, 0.3) is 0 Å². The van der Waals surface area contributed by atoms with Gasteiger partial charge < -0.3 is 4.74 Å². The topological polar surface area (TPSA) is 12.5 Å². The van der Waals surface area contributed by atoms with Gasteiger partial charge in [0.25, 0.3) is 0 Å². The largest absolute Gasteiger partial charge is 0.381 e. The second-order valence-corrected chi connectivity index (χ2v) is 6.72. The second-order valence-electron chi connectivity index (χ2n) is 6.72. The summed E-state index contributed by atoms with van der Waals surface area (Å²) < 4.78 is 5.47. The smallest absolute Gasteiger partial charge is 0.0471 e. The number of ether oxygens (including phenoxy) is 1. The minimum absolute atomic E-state index is 0.499. The maximum absolute atomic E-state index is 5.47. The first-order valence-corrected chi connectivity index (χ1v) is 9.10. The van der Waals surface area contributed by atoms with Gasteiger partial charge in [0.1, 0.15) is 0 Å². The first kappa shape index (κ1) is 17.5. The molecule has 0 saturated carbocycles. The summed E-state index contributed by atoms with van der Waals surface area (Å²) in [6, 6.07) is 10.5. The summed E-state index contributed by atoms with van der Waals surface area (Å²) in [7, 11) is 0. The Labute approximate surface area is 136 Å². The predicted molar refractivity (Wildman–Crippen MR) is 94.4 cm³/mol. The highest BCUT2D eigenvalue weighted by Crippen LogP contribution is 2.29. The molecule has 1 saturated heterocycles. The number of benzene rings is 1. The normalized spacial score (nSPS) is 19.3. The van der Waals surface area contributed by atoms with Gasteiger partial charge >= 0.3 is 0 Å². The van der Waals surface area contributed by atoms with Crippen molar-refractivity contribution in [2.24, 2.45) is 0 Å². The highest BCUT2D eigenvalue weighted by Gasteiger charge is 2.20. The Hall–Kier alpha value is -0.860. The fourth-order valence-electron chi connectivity index (χ4n) is 3.56. The van der Waals surface area contributed by atoms with Crippen molar-refractivity contribution in [1.29, 1.82) is 0 Å². The summed E-state index contributed by atoms with van der Waals surface area (Å²) in [4.78, 5) is 2.64. The van der Waals surface area contributed by atoms with Crippen molar-refractivity contribution in [1.82, 2.24) is 4.90 Å². The van der Waals surface area contributed by atoms with E-state index in [1.54, 1.807) is 0 Å². The molecular weight excluding hydrogens is 270 g/mol. The molecule has 1 fully saturated rings. The highest BCUT2D eigenvalue weighted by molar-refractivity contribution is 5.27. The van der Waals surface area contributed by atoms with Gasteiger partial charge in [0.2, 0.25) is 0 Å². The van der Waals surface area contributed by atoms with Gasteiger partial charge in [-0.15, -0.1) is 0 Å². The van der Waals surface area contributed by atoms with Crippen LogP contribution in [0.1, 0.15) is 76.5 Å². The van der Waals surface area contributed by atoms with Gasteiger partial charge in [-0.05, 0) is 63.1 Å². The van der Waals surface area contributed by atoms with E-state index in [-0.39, 0.29) is 0 Å². The van der Waals surface area contributed by atoms with Crippen molar-refractivity contribution in [2.45, 2.75) is 71.4 Å². The molecule has 0 spiro atoms. The Morgan fingerprint density at radius 1 is 1.09 bits per heavy atom. The van der Waals surface area contributed by atoms with Crippen molar-refractivity contribution in [3.05, 3.63) is 35.4 Å². The van der Waals surface area contributed by atoms with Crippen molar-refractivity contribution >= 4 is 0 Å². The van der Waals surface area contributed by atoms with Crippen LogP contribution in [-0.4, -0.2) is 30.7 Å². The molecule has 1 aromatic carbocycles. The highest BCUT2D eigenvalue weighted by atomic mass is 16.5. The molecule has 1 heterocycles. The second kappa shape index (κ2) is 8.69. The van der Waals surface area contributed by atoms with E-state index < -0.39 is 0 Å². The molecule has 0 amide bonds. The monoisotopic (exact) mass is 303 g/mol. The molecule has 0 bridgehead atoms. The standard InChI is InChI=1S/C20H33NO/c1-5-13-21(16(3)6-2)17(4)18-7-9-19(10-8-18)20-11-14-22-15-12-20/h7-10,16-17,20H,5-6,11-15H2,1-4H3/t16-,17?/m0/s1. The molecule has 1 aliphatic rings. The fraction of sp³-hybridized carbons (Fsp3) is 0.700. The zero-order valence-electron chi connectivity index (χ0n) is 14.8. The molecule has 2 atom stereocenters. The minimum Gasteiger partial charge on any atom is -0.381 e. The van der Waals surface area contributed by atoms with Crippen LogP contribution in [-0.2, 0) is 4.74 Å². The van der Waals surface area contributed by atoms with Gasteiger partial charge in [-0.25, -0.2) is 0 Å². The Morgan fingerprint density at radius 3 is 2.27 bits per heavy atom. The van der Waals surface area contributed by atoms with Crippen LogP contribution in [0.5, 0.6) is 0 Å². The quantitative estimate of drug-likeness (QED) is 0.690. The van der Waals surface area contributed by atoms with E-state index >= 15 is 0 Å². The summed E-state index contributed by atoms with van der Waals surface area (Å²) in [6.45, 7) is 12.3. The molecule has 0 radical (unpaired) electrons. The lowest BCUT2D eigenvalue weighted by Crippen LogP contribution is -2.35. The van der Waals surface area contributed by atoms with Gasteiger partial charge in [-0.2, -0.15) is 0 Å². The minimum atomic E-state index is 0.499. The van der Waals surface area contributed by atoms with Gasteiger partial charge in [0.05, 0.1) is 0 Å². The van der Waals surface area contributed by atoms with Crippen LogP contribution in [0.2, 0.25) is 0 Å². The van der Waals surface area contributed by atoms with E-state index in [4.69, 9.17) is 4.74 Å². The van der Waals surface area contributed by atoms with E-state index in [2.05, 4.69) is 56.9 Å². The molecule has 2 rings (SSSR count). The van der Waals surface area contributed by atoms with Gasteiger partial charge in [-0.1, -0.05) is 38.1 Å². The molecule has 0 aromatic heterocycles. The van der Waals surface area contributed by atoms with Gasteiger partial charge in [0, 0.05) is 25.3 Å². The number of hydrogen-bond acceptors (Lipinski definition) is 2. The molecule has 1 unspecified atom stereocenters. The zero-order chi connectivity index (χ0) is 15.9. The van der Waals surface area contributed by atoms with Gasteiger partial charge in [-0.3, -0.25) is 4.90 Å². The predicted octanol–water partition coefficient (Wildman–Crippen LogP) is 5.15. The molecule has 2 heteroatoms. The zero-order valence-corrected chi connectivity index (χ0v) is 14.8. The average Bonchev–Trinajstić information content (AvgIpc) is 2.59. The molecule has 124 valence electrons. The Balaban J connectivity index is 2.07. The number of hydrogen-bond donors (Lipinski definition) is 0. The summed E-state index contributed by atoms with van der Waals surface area (Å²) in [5.74, 6) is 0.694. The molecular formula is C20H33NO. The van der Waals surface area contributed by atoms with Crippen LogP contribution >= 0.6 is 0 Å². The summed E-state index contributed by atoms with van der Waals surface area (Å²) in [6.07, 6.45) is 4.77. The van der Waals surface area contributed by atoms with Crippen LogP contribution < -0.4 is 0 Å². The van der Waals surface area contributed by atoms with E-state index in [1.165, 1.54) is 43.4 Å². The van der Waals surface area contributed by atoms with Crippen LogP contribution in [0.15, 0.2) is 24.3 Å². The molecule has 1 aliphatic heterocycles. The van der Waals surface area contributed by atoms with Crippen LogP contribution in [0, 0.1) is 0 Å². The fourth-order valence-corrected chi connectivity index (χ4v) is 3.56. The van der Waals surface area contributed by atoms with E-state index in [9.17, 15) is 0 Å². The maximum atomic E-state index is 5.47. The van der Waals surface area contributed by atoms with E-state index in [0.717, 1.165) is 13.2 Å². The SMILES string of the molecule is CCCN(C(C)c1ccc(C2CCOCC2)cc1)[C@@H](C)CC. The third-order valence-electron chi connectivity index (χ3n) is 5.25. The van der Waals surface area contributed by atoms with Crippen molar-refractivity contribution in [3.8, 4) is 0 Å². The molecule has 2 nitrogen and oxygen atoms in total. The number of nitrogens with zero attached hydrogens (tertiary/aromatic N) is 1. The molecule has 0 aliphatic carbocycles. The Morgan fingerprint density at radius 2 is 1.73 bits per heavy atom. The lowest BCUT2D eigenvalue weighted by molar-refractivity contribution is 0.0853. The summed E-state index contributed by atoms with van der Waals surface area (Å²) in [5.41, 5.74) is 2.94. The van der Waals surface area contributed by atoms with E-state index in [1.807, 2.05) is 0 Å². The Kier molecular flexibility index (Phi) is 6.91. The summed E-state index contributed by atoms with van der Waals surface area (Å²) in [5, 5.41) is 0. The lowest BCUT2D eigenvalue weighted by atomic mass is 9.90. The number of rotatable bonds is 7. The first-order valence-electron chi connectivity index (χ1n) is 9.10. The van der Waals surface area contributed by atoms with Crippen molar-refractivity contribution in [2.75, 3.05) is 19.8 Å². The van der Waals surface area contributed by atoms with Crippen LogP contribution in [0.4, 0.5) is 0 Å². The lowest BCUT2D eigenvalue weighted by Gasteiger charge is -2.34. The van der Waals surface area contributed by atoms with E-state index in [0.29, 0.717) is 18.0 Å². The molecule has 0 N–H and O–H groups in total. The molecule has 1 aromatic rings. The average molecular weight is 303 g/mol. The van der Waals surface area contributed by atoms with Crippen molar-refractivity contribution < 1.29 is 4.74 Å². The third kappa shape index (κ3) is 4.33. The third-order valence-corrected chi connectivity index (χ3v) is 5.25. The summed E-state index contributed by atoms with van der Waals surface area (Å²) >= 11 is 0. The molecule has 22 heavy (non-hydrogen) atoms. The van der Waals surface area contributed by atoms with Gasteiger partial charge in [0.15, 0.2) is 0 Å². The Bertz CT molecular complexity index is 422.